The molecule has 0 fully saturated rings. The van der Waals surface area contributed by atoms with E-state index in [1.807, 2.05) is 0 Å². The number of carbonyl (C=O) groups excluding carboxylic acids is 2. The molecule has 0 spiro atoms. The van der Waals surface area contributed by atoms with E-state index in [9.17, 15) is 35.9 Å². The predicted molar refractivity (Wildman–Crippen MR) is 139 cm³/mol. The van der Waals surface area contributed by atoms with Crippen LogP contribution in [0.2, 0.25) is 5.02 Å². The summed E-state index contributed by atoms with van der Waals surface area (Å²) in [6.45, 7) is 3.07. The zero-order chi connectivity index (χ0) is 30.0. The average molecular weight is 613 g/mol. The molecular formula is C25H15ClF6N6O2S. The second-order valence-electron chi connectivity index (χ2n) is 8.90. The van der Waals surface area contributed by atoms with Crippen molar-refractivity contribution in [1.82, 2.24) is 19.6 Å². The van der Waals surface area contributed by atoms with Gasteiger partial charge in [0.1, 0.15) is 26.1 Å². The van der Waals surface area contributed by atoms with E-state index in [1.54, 1.807) is 31.2 Å². The van der Waals surface area contributed by atoms with E-state index in [4.69, 9.17) is 17.3 Å². The number of nitrogens with one attached hydrogen (secondary N) is 1. The Morgan fingerprint density at radius 3 is 2.24 bits per heavy atom. The lowest BCUT2D eigenvalue weighted by Crippen LogP contribution is -2.18. The van der Waals surface area contributed by atoms with Crippen LogP contribution >= 0.6 is 22.9 Å². The van der Waals surface area contributed by atoms with Crippen LogP contribution in [0, 0.1) is 13.8 Å². The van der Waals surface area contributed by atoms with Gasteiger partial charge in [0.25, 0.3) is 11.8 Å². The molecule has 0 bridgehead atoms. The molecule has 1 aromatic carbocycles. The fraction of sp³-hybridized carbons (Fsp3) is 0.160. The van der Waals surface area contributed by atoms with Gasteiger partial charge < -0.3 is 11.1 Å². The number of pyridine rings is 1. The Labute approximate surface area is 234 Å². The molecule has 2 amide bonds. The molecule has 3 N–H and O–H groups in total. The number of thiophene rings is 1. The number of carbonyl (C=O) groups is 2. The number of amides is 2. The fourth-order valence-electron chi connectivity index (χ4n) is 4.13. The first-order valence-corrected chi connectivity index (χ1v) is 12.6. The molecule has 4 heterocycles. The average Bonchev–Trinajstić information content (AvgIpc) is 3.40. The first kappa shape index (κ1) is 28.3. The van der Waals surface area contributed by atoms with Crippen molar-refractivity contribution >= 4 is 56.3 Å². The summed E-state index contributed by atoms with van der Waals surface area (Å²) in [5.74, 6) is -2.26. The van der Waals surface area contributed by atoms with Gasteiger partial charge in [0.15, 0.2) is 11.3 Å². The van der Waals surface area contributed by atoms with Crippen LogP contribution < -0.4 is 11.1 Å². The number of halogens is 7. The molecule has 0 aliphatic carbocycles. The lowest BCUT2D eigenvalue weighted by molar-refractivity contribution is -0.143. The number of benzene rings is 1. The second kappa shape index (κ2) is 9.69. The van der Waals surface area contributed by atoms with Crippen LogP contribution in [0.25, 0.3) is 27.0 Å². The molecule has 4 aromatic heterocycles. The molecule has 0 radical (unpaired) electrons. The molecule has 0 saturated carbocycles. The molecule has 0 saturated heterocycles. The Morgan fingerprint density at radius 2 is 1.66 bits per heavy atom. The third kappa shape index (κ3) is 5.06. The number of hydrogen-bond donors (Lipinski definition) is 2. The molecule has 8 nitrogen and oxygen atoms in total. The zero-order valence-corrected chi connectivity index (χ0v) is 22.3. The summed E-state index contributed by atoms with van der Waals surface area (Å²) in [7, 11) is 0. The van der Waals surface area contributed by atoms with E-state index < -0.39 is 51.9 Å². The molecule has 0 aliphatic rings. The van der Waals surface area contributed by atoms with Gasteiger partial charge in [-0.25, -0.2) is 14.5 Å². The minimum atomic E-state index is -4.87. The number of fused-ring (bicyclic) bond motifs is 2. The summed E-state index contributed by atoms with van der Waals surface area (Å²) in [5.41, 5.74) is 2.61. The van der Waals surface area contributed by atoms with Crippen LogP contribution in [-0.2, 0) is 12.4 Å². The van der Waals surface area contributed by atoms with Crippen LogP contribution in [0.15, 0.2) is 36.4 Å². The quantitative estimate of drug-likeness (QED) is 0.220. The lowest BCUT2D eigenvalue weighted by Gasteiger charge is -2.12. The highest BCUT2D eigenvalue weighted by Gasteiger charge is 2.37. The molecule has 0 aliphatic heterocycles. The number of primary amides is 1. The topological polar surface area (TPSA) is 115 Å². The lowest BCUT2D eigenvalue weighted by atomic mass is 10.00. The maximum Gasteiger partial charge on any atom is 0.433 e. The minimum absolute atomic E-state index is 0.0286. The molecule has 0 unspecified atom stereocenters. The molecule has 41 heavy (non-hydrogen) atoms. The number of hydrogen-bond acceptors (Lipinski definition) is 6. The Hall–Kier alpha value is -4.24. The predicted octanol–water partition coefficient (Wildman–Crippen LogP) is 6.67. The molecule has 5 rings (SSSR count). The van der Waals surface area contributed by atoms with Crippen molar-refractivity contribution in [3.8, 4) is 11.1 Å². The van der Waals surface area contributed by atoms with E-state index in [2.05, 4.69) is 20.4 Å². The third-order valence-corrected chi connectivity index (χ3v) is 7.39. The van der Waals surface area contributed by atoms with Crippen molar-refractivity contribution in [2.75, 3.05) is 5.32 Å². The van der Waals surface area contributed by atoms with Crippen LogP contribution in [0.1, 0.15) is 42.8 Å². The van der Waals surface area contributed by atoms with E-state index in [0.717, 1.165) is 11.6 Å². The summed E-state index contributed by atoms with van der Waals surface area (Å²) in [4.78, 5) is 32.7. The normalized spacial score (nSPS) is 12.3. The Bertz CT molecular complexity index is 1880. The molecule has 212 valence electrons. The first-order chi connectivity index (χ1) is 19.1. The van der Waals surface area contributed by atoms with Crippen molar-refractivity contribution in [1.29, 1.82) is 0 Å². The van der Waals surface area contributed by atoms with Gasteiger partial charge in [-0.1, -0.05) is 41.4 Å². The summed E-state index contributed by atoms with van der Waals surface area (Å²) >= 11 is 6.73. The minimum Gasteiger partial charge on any atom is -0.365 e. The number of aromatic nitrogens is 4. The van der Waals surface area contributed by atoms with Crippen LogP contribution in [-0.4, -0.2) is 31.4 Å². The van der Waals surface area contributed by atoms with Gasteiger partial charge in [0.2, 0.25) is 0 Å². The number of nitrogens with two attached hydrogens (primary N) is 1. The maximum atomic E-state index is 13.7. The van der Waals surface area contributed by atoms with E-state index >= 15 is 0 Å². The second-order valence-corrected chi connectivity index (χ2v) is 10.3. The number of rotatable bonds is 4. The van der Waals surface area contributed by atoms with Crippen LogP contribution in [0.3, 0.4) is 0 Å². The largest absolute Gasteiger partial charge is 0.433 e. The summed E-state index contributed by atoms with van der Waals surface area (Å²) in [6, 6.07) is 7.87. The van der Waals surface area contributed by atoms with Gasteiger partial charge in [-0.15, -0.1) is 11.3 Å². The van der Waals surface area contributed by atoms with Gasteiger partial charge in [0, 0.05) is 11.1 Å². The molecular weight excluding hydrogens is 598 g/mol. The number of nitrogens with zero attached hydrogens (tertiary/aromatic N) is 4. The highest BCUT2D eigenvalue weighted by molar-refractivity contribution is 7.21. The van der Waals surface area contributed by atoms with Crippen LogP contribution in [0.5, 0.6) is 0 Å². The Balaban J connectivity index is 1.73. The number of aryl methyl sites for hydroxylation is 2. The first-order valence-electron chi connectivity index (χ1n) is 11.4. The maximum absolute atomic E-state index is 13.7. The van der Waals surface area contributed by atoms with Gasteiger partial charge in [-0.05, 0) is 37.1 Å². The SMILES string of the molecule is Cc1ccc(-c2cc(C(F)(F)F)nc3sc(C(N)=O)c(NC(=O)c4nn5c(C(F)(F)F)cc(C)nc5c4Cl)c23)cc1. The van der Waals surface area contributed by atoms with E-state index in [1.165, 1.54) is 6.92 Å². The molecule has 0 atom stereocenters. The third-order valence-electron chi connectivity index (χ3n) is 5.94. The van der Waals surface area contributed by atoms with E-state index in [-0.39, 0.29) is 32.0 Å². The van der Waals surface area contributed by atoms with Crippen LogP contribution in [0.4, 0.5) is 32.0 Å². The van der Waals surface area contributed by atoms with Gasteiger partial charge in [-0.2, -0.15) is 31.4 Å². The summed E-state index contributed by atoms with van der Waals surface area (Å²) < 4.78 is 82.5. The standard InChI is InChI=1S/C25H15ClF6N6O2S/c1-9-3-5-11(6-4-9)12-8-13(24(27,28)29)35-23-15(12)17(19(41-23)20(33)39)36-22(40)18-16(26)21-34-10(2)7-14(25(30,31)32)38(21)37-18/h3-8H,1-2H3,(H2,33,39)(H,36,40). The van der Waals surface area contributed by atoms with Crippen molar-refractivity contribution in [2.45, 2.75) is 26.2 Å². The zero-order valence-electron chi connectivity index (χ0n) is 20.7. The molecule has 5 aromatic rings. The van der Waals surface area contributed by atoms with E-state index in [0.29, 0.717) is 27.5 Å². The number of alkyl halides is 6. The van der Waals surface area contributed by atoms with Gasteiger partial charge >= 0.3 is 12.4 Å². The summed E-state index contributed by atoms with van der Waals surface area (Å²) in [6.07, 6.45) is -9.72. The Morgan fingerprint density at radius 1 is 1.00 bits per heavy atom. The van der Waals surface area contributed by atoms with Crippen molar-refractivity contribution in [3.05, 3.63) is 74.6 Å². The fourth-order valence-corrected chi connectivity index (χ4v) is 5.38. The summed E-state index contributed by atoms with van der Waals surface area (Å²) in [5, 5.41) is 5.51. The van der Waals surface area contributed by atoms with Crippen molar-refractivity contribution in [2.24, 2.45) is 5.73 Å². The number of anilines is 1. The van der Waals surface area contributed by atoms with Gasteiger partial charge in [0.05, 0.1) is 5.69 Å². The monoisotopic (exact) mass is 612 g/mol. The smallest absolute Gasteiger partial charge is 0.365 e. The molecule has 16 heteroatoms. The highest BCUT2D eigenvalue weighted by Crippen LogP contribution is 2.44. The van der Waals surface area contributed by atoms with Gasteiger partial charge in [-0.3, -0.25) is 9.59 Å². The van der Waals surface area contributed by atoms with Crippen molar-refractivity contribution < 1.29 is 35.9 Å². The van der Waals surface area contributed by atoms with Crippen molar-refractivity contribution in [3.63, 3.8) is 0 Å². The Kier molecular flexibility index (Phi) is 6.69. The highest BCUT2D eigenvalue weighted by atomic mass is 35.5.